The highest BCUT2D eigenvalue weighted by molar-refractivity contribution is 5.77. The van der Waals surface area contributed by atoms with Crippen LogP contribution in [0.2, 0.25) is 0 Å². The summed E-state index contributed by atoms with van der Waals surface area (Å²) in [5.41, 5.74) is 1.07. The molecule has 3 rings (SSSR count). The summed E-state index contributed by atoms with van der Waals surface area (Å²) in [4.78, 5) is 27.5. The number of urea groups is 1. The number of amides is 2. The van der Waals surface area contributed by atoms with Gasteiger partial charge in [-0.15, -0.1) is 0 Å². The van der Waals surface area contributed by atoms with E-state index in [9.17, 15) is 9.59 Å². The van der Waals surface area contributed by atoms with E-state index in [1.165, 1.54) is 0 Å². The van der Waals surface area contributed by atoms with Crippen LogP contribution in [0.1, 0.15) is 25.7 Å². The van der Waals surface area contributed by atoms with Gasteiger partial charge < -0.3 is 20.2 Å². The zero-order valence-corrected chi connectivity index (χ0v) is 14.0. The number of likely N-dealkylation sites (tertiary alicyclic amines) is 1. The summed E-state index contributed by atoms with van der Waals surface area (Å²) in [6, 6.07) is -0.0596. The molecule has 2 unspecified atom stereocenters. The molecule has 8 heteroatoms. The van der Waals surface area contributed by atoms with Gasteiger partial charge in [0.15, 0.2) is 0 Å². The van der Waals surface area contributed by atoms with Gasteiger partial charge in [0.05, 0.1) is 17.8 Å². The number of nitrogens with zero attached hydrogens (tertiary/aromatic N) is 4. The number of carbonyl (C=O) groups is 2. The monoisotopic (exact) mass is 335 g/mol. The lowest BCUT2D eigenvalue weighted by molar-refractivity contribution is -0.143. The first kappa shape index (κ1) is 16.6. The van der Waals surface area contributed by atoms with Crippen LogP contribution in [-0.2, 0) is 11.8 Å². The molecule has 2 aliphatic rings. The lowest BCUT2D eigenvalue weighted by Gasteiger charge is -2.36. The Morgan fingerprint density at radius 3 is 2.75 bits per heavy atom. The van der Waals surface area contributed by atoms with E-state index in [1.807, 2.05) is 19.4 Å². The number of aromatic nitrogens is 2. The largest absolute Gasteiger partial charge is 0.481 e. The van der Waals surface area contributed by atoms with Crippen molar-refractivity contribution in [3.05, 3.63) is 12.4 Å². The molecule has 132 valence electrons. The molecule has 24 heavy (non-hydrogen) atoms. The molecule has 1 aromatic rings. The second-order valence-electron chi connectivity index (χ2n) is 6.73. The fourth-order valence-electron chi connectivity index (χ4n) is 3.53. The van der Waals surface area contributed by atoms with Gasteiger partial charge in [0, 0.05) is 45.5 Å². The maximum atomic E-state index is 12.5. The fraction of sp³-hybridized carbons (Fsp3) is 0.688. The number of rotatable bonds is 3. The summed E-state index contributed by atoms with van der Waals surface area (Å²) >= 11 is 0. The highest BCUT2D eigenvalue weighted by atomic mass is 16.4. The zero-order valence-electron chi connectivity index (χ0n) is 14.0. The summed E-state index contributed by atoms with van der Waals surface area (Å²) in [6.07, 6.45) is 7.17. The van der Waals surface area contributed by atoms with Crippen LogP contribution in [0.3, 0.4) is 0 Å². The Kier molecular flexibility index (Phi) is 4.92. The predicted molar refractivity (Wildman–Crippen MR) is 88.9 cm³/mol. The van der Waals surface area contributed by atoms with Gasteiger partial charge in [-0.2, -0.15) is 5.10 Å². The van der Waals surface area contributed by atoms with Gasteiger partial charge in [-0.1, -0.05) is 0 Å². The van der Waals surface area contributed by atoms with Crippen molar-refractivity contribution in [2.45, 2.75) is 31.7 Å². The molecular weight excluding hydrogens is 310 g/mol. The molecule has 0 bridgehead atoms. The Bertz CT molecular complexity index is 602. The molecule has 1 aromatic heterocycles. The van der Waals surface area contributed by atoms with Crippen molar-refractivity contribution in [3.63, 3.8) is 0 Å². The molecular formula is C16H25N5O3. The quantitative estimate of drug-likeness (QED) is 0.856. The number of carboxylic acid groups (broad SMARTS) is 1. The van der Waals surface area contributed by atoms with Gasteiger partial charge in [0.2, 0.25) is 0 Å². The van der Waals surface area contributed by atoms with Crippen LogP contribution < -0.4 is 10.2 Å². The van der Waals surface area contributed by atoms with E-state index < -0.39 is 11.9 Å². The van der Waals surface area contributed by atoms with E-state index in [-0.39, 0.29) is 12.1 Å². The summed E-state index contributed by atoms with van der Waals surface area (Å²) < 4.78 is 1.78. The lowest BCUT2D eigenvalue weighted by atomic mass is 9.98. The van der Waals surface area contributed by atoms with Crippen LogP contribution in [0, 0.1) is 5.92 Å². The van der Waals surface area contributed by atoms with Gasteiger partial charge in [0.25, 0.3) is 0 Å². The van der Waals surface area contributed by atoms with E-state index in [2.05, 4.69) is 15.3 Å². The third-order valence-corrected chi connectivity index (χ3v) is 4.86. The van der Waals surface area contributed by atoms with Crippen molar-refractivity contribution in [3.8, 4) is 0 Å². The highest BCUT2D eigenvalue weighted by Gasteiger charge is 2.30. The number of hydrogen-bond acceptors (Lipinski definition) is 4. The average Bonchev–Trinajstić information content (AvgIpc) is 3.02. The van der Waals surface area contributed by atoms with Crippen LogP contribution in [0.15, 0.2) is 12.4 Å². The molecule has 2 amide bonds. The Morgan fingerprint density at radius 1 is 1.25 bits per heavy atom. The third kappa shape index (κ3) is 3.80. The van der Waals surface area contributed by atoms with Crippen LogP contribution in [0.25, 0.3) is 0 Å². The molecule has 0 spiro atoms. The topological polar surface area (TPSA) is 90.7 Å². The van der Waals surface area contributed by atoms with Gasteiger partial charge in [0.1, 0.15) is 0 Å². The van der Waals surface area contributed by atoms with E-state index in [0.29, 0.717) is 19.5 Å². The van der Waals surface area contributed by atoms with Crippen LogP contribution in [0.4, 0.5) is 10.5 Å². The van der Waals surface area contributed by atoms with Crippen molar-refractivity contribution >= 4 is 17.7 Å². The maximum Gasteiger partial charge on any atom is 0.317 e. The van der Waals surface area contributed by atoms with Gasteiger partial charge in [-0.3, -0.25) is 9.48 Å². The number of aryl methyl sites for hydroxylation is 1. The summed E-state index contributed by atoms with van der Waals surface area (Å²) in [7, 11) is 1.89. The highest BCUT2D eigenvalue weighted by Crippen LogP contribution is 2.20. The normalized spacial score (nSPS) is 24.7. The molecule has 2 N–H and O–H groups in total. The van der Waals surface area contributed by atoms with Gasteiger partial charge in [-0.25, -0.2) is 4.79 Å². The molecule has 0 saturated carbocycles. The number of carbonyl (C=O) groups excluding carboxylic acids is 1. The molecule has 2 saturated heterocycles. The first-order chi connectivity index (χ1) is 11.5. The number of piperidine rings is 2. The minimum absolute atomic E-state index is 0.0802. The van der Waals surface area contributed by atoms with Crippen molar-refractivity contribution < 1.29 is 14.7 Å². The Hall–Kier alpha value is -2.25. The van der Waals surface area contributed by atoms with Crippen molar-refractivity contribution in [2.24, 2.45) is 13.0 Å². The number of aliphatic carboxylic acids is 1. The minimum Gasteiger partial charge on any atom is -0.481 e. The average molecular weight is 335 g/mol. The molecule has 8 nitrogen and oxygen atoms in total. The molecule has 3 heterocycles. The second kappa shape index (κ2) is 7.11. The summed E-state index contributed by atoms with van der Waals surface area (Å²) in [6.45, 7) is 2.66. The molecule has 0 aliphatic carbocycles. The first-order valence-electron chi connectivity index (χ1n) is 8.55. The number of nitrogens with one attached hydrogen (secondary N) is 1. The SMILES string of the molecule is Cn1cc(N2CCCC(NC(=O)N3CCCC(C(=O)O)C3)C2)cn1. The smallest absolute Gasteiger partial charge is 0.317 e. The van der Waals surface area contributed by atoms with Crippen molar-refractivity contribution in [1.29, 1.82) is 0 Å². The maximum absolute atomic E-state index is 12.5. The number of hydrogen-bond donors (Lipinski definition) is 2. The third-order valence-electron chi connectivity index (χ3n) is 4.86. The van der Waals surface area contributed by atoms with Crippen LogP contribution in [0.5, 0.6) is 0 Å². The molecule has 2 aliphatic heterocycles. The van der Waals surface area contributed by atoms with Crippen LogP contribution in [-0.4, -0.2) is 64.0 Å². The Morgan fingerprint density at radius 2 is 2.04 bits per heavy atom. The lowest BCUT2D eigenvalue weighted by Crippen LogP contribution is -2.53. The van der Waals surface area contributed by atoms with Crippen LogP contribution >= 0.6 is 0 Å². The minimum atomic E-state index is -0.812. The molecule has 2 atom stereocenters. The van der Waals surface area contributed by atoms with Crippen molar-refractivity contribution in [2.75, 3.05) is 31.1 Å². The molecule has 2 fully saturated rings. The van der Waals surface area contributed by atoms with E-state index in [4.69, 9.17) is 5.11 Å². The van der Waals surface area contributed by atoms with E-state index in [1.54, 1.807) is 9.58 Å². The predicted octanol–water partition coefficient (Wildman–Crippen LogP) is 0.895. The first-order valence-corrected chi connectivity index (χ1v) is 8.55. The van der Waals surface area contributed by atoms with Gasteiger partial charge in [-0.05, 0) is 25.7 Å². The number of anilines is 1. The van der Waals surface area contributed by atoms with Gasteiger partial charge >= 0.3 is 12.0 Å². The zero-order chi connectivity index (χ0) is 17.1. The van der Waals surface area contributed by atoms with E-state index >= 15 is 0 Å². The summed E-state index contributed by atoms with van der Waals surface area (Å²) in [5, 5.41) is 16.4. The fourth-order valence-corrected chi connectivity index (χ4v) is 3.53. The number of carboxylic acids is 1. The summed E-state index contributed by atoms with van der Waals surface area (Å²) in [5.74, 6) is -1.25. The second-order valence-corrected chi connectivity index (χ2v) is 6.73. The Labute approximate surface area is 141 Å². The molecule has 0 radical (unpaired) electrons. The Balaban J connectivity index is 1.55. The van der Waals surface area contributed by atoms with E-state index in [0.717, 1.165) is 38.0 Å². The standard InChI is InChI=1S/C16H25N5O3/c1-19-11-14(8-17-19)20-6-3-5-13(10-20)18-16(24)21-7-2-4-12(9-21)15(22)23/h8,11-13H,2-7,9-10H2,1H3,(H,18,24)(H,22,23). The van der Waals surface area contributed by atoms with Crippen molar-refractivity contribution in [1.82, 2.24) is 20.0 Å². The molecule has 0 aromatic carbocycles.